The molecule has 0 aromatic heterocycles. The van der Waals surface area contributed by atoms with Gasteiger partial charge >= 0.3 is 0 Å². The number of nitrogens with zero attached hydrogens (tertiary/aromatic N) is 1. The zero-order valence-corrected chi connectivity index (χ0v) is 11.0. The summed E-state index contributed by atoms with van der Waals surface area (Å²) in [5.41, 5.74) is -0.759. The molecule has 2 bridgehead atoms. The van der Waals surface area contributed by atoms with Gasteiger partial charge in [-0.15, -0.1) is 0 Å². The molecule has 5 atom stereocenters. The monoisotopic (exact) mass is 278 g/mol. The molecule has 108 valence electrons. The van der Waals surface area contributed by atoms with Crippen molar-refractivity contribution in [1.82, 2.24) is 4.90 Å². The van der Waals surface area contributed by atoms with Gasteiger partial charge in [0, 0.05) is 25.0 Å². The molecule has 4 heterocycles. The molecule has 4 rings (SSSR count). The molecule has 3 fully saturated rings. The van der Waals surface area contributed by atoms with Gasteiger partial charge in [-0.1, -0.05) is 12.2 Å². The van der Waals surface area contributed by atoms with Gasteiger partial charge in [-0.05, 0) is 12.8 Å². The Hall–Kier alpha value is -1.40. The number of hydrogen-bond acceptors (Lipinski definition) is 5. The van der Waals surface area contributed by atoms with Crippen LogP contribution in [0.3, 0.4) is 0 Å². The Balaban J connectivity index is 1.58. The second-order valence-corrected chi connectivity index (χ2v) is 6.07. The number of fused-ring (bicyclic) bond motifs is 1. The first kappa shape index (κ1) is 12.3. The molecule has 0 aliphatic carbocycles. The molecule has 0 aromatic carbocycles. The molecule has 6 nitrogen and oxygen atoms in total. The molecule has 4 aliphatic heterocycles. The number of carbonyl (C=O) groups excluding carboxylic acids is 2. The van der Waals surface area contributed by atoms with Crippen molar-refractivity contribution in [3.63, 3.8) is 0 Å². The number of amides is 1. The van der Waals surface area contributed by atoms with E-state index >= 15 is 0 Å². The van der Waals surface area contributed by atoms with Gasteiger partial charge in [0.25, 0.3) is 0 Å². The Bertz CT molecular complexity index is 498. The predicted molar refractivity (Wildman–Crippen MR) is 64.3 cm³/mol. The number of rotatable bonds is 3. The molecule has 0 aromatic rings. The average Bonchev–Trinajstić information content (AvgIpc) is 3.12. The number of carboxylic acid groups (broad SMARTS) is 1. The van der Waals surface area contributed by atoms with Gasteiger partial charge in [-0.25, -0.2) is 0 Å². The molecule has 4 aliphatic rings. The smallest absolute Gasteiger partial charge is 0.229 e. The van der Waals surface area contributed by atoms with Gasteiger partial charge < -0.3 is 24.3 Å². The molecule has 6 heteroatoms. The summed E-state index contributed by atoms with van der Waals surface area (Å²) in [6.45, 7) is 1.69. The average molecular weight is 278 g/mol. The Kier molecular flexibility index (Phi) is 2.50. The Morgan fingerprint density at radius 1 is 1.55 bits per heavy atom. The molecule has 0 saturated carbocycles. The summed E-state index contributed by atoms with van der Waals surface area (Å²) in [4.78, 5) is 25.5. The summed E-state index contributed by atoms with van der Waals surface area (Å²) in [6.07, 6.45) is 5.12. The lowest BCUT2D eigenvalue weighted by atomic mass is 9.77. The Labute approximate surface area is 116 Å². The first-order valence-electron chi connectivity index (χ1n) is 7.09. The minimum atomic E-state index is -1.20. The van der Waals surface area contributed by atoms with Crippen molar-refractivity contribution in [2.75, 3.05) is 19.7 Å². The Morgan fingerprint density at radius 3 is 3.10 bits per heavy atom. The van der Waals surface area contributed by atoms with Gasteiger partial charge in [-0.3, -0.25) is 4.79 Å². The third kappa shape index (κ3) is 1.52. The zero-order chi connectivity index (χ0) is 13.9. The van der Waals surface area contributed by atoms with Crippen LogP contribution in [-0.4, -0.2) is 54.3 Å². The predicted octanol–water partition coefficient (Wildman–Crippen LogP) is -1.30. The van der Waals surface area contributed by atoms with E-state index in [-0.39, 0.29) is 12.0 Å². The van der Waals surface area contributed by atoms with Crippen LogP contribution >= 0.6 is 0 Å². The molecule has 3 saturated heterocycles. The lowest BCUT2D eigenvalue weighted by Gasteiger charge is -2.25. The standard InChI is InChI=1S/C14H17NO5/c16-12-11-10(13(17)18)9-3-4-14(11,20-9)7-15(12)6-8-2-1-5-19-8/h3-4,8-11H,1-2,5-7H2,(H,17,18)/p-1/t8-,9+,10+,11-,14-/m1/s1. The molecule has 0 radical (unpaired) electrons. The van der Waals surface area contributed by atoms with Gasteiger partial charge in [0.05, 0.1) is 24.7 Å². The maximum Gasteiger partial charge on any atom is 0.229 e. The van der Waals surface area contributed by atoms with Crippen LogP contribution in [0.4, 0.5) is 0 Å². The van der Waals surface area contributed by atoms with E-state index in [1.54, 1.807) is 11.0 Å². The lowest BCUT2D eigenvalue weighted by Crippen LogP contribution is -2.45. The minimum absolute atomic E-state index is 0.0664. The van der Waals surface area contributed by atoms with Crippen LogP contribution in [0.1, 0.15) is 12.8 Å². The van der Waals surface area contributed by atoms with E-state index in [9.17, 15) is 14.7 Å². The topological polar surface area (TPSA) is 78.9 Å². The largest absolute Gasteiger partial charge is 0.550 e. The second-order valence-electron chi connectivity index (χ2n) is 6.07. The van der Waals surface area contributed by atoms with E-state index < -0.39 is 29.5 Å². The van der Waals surface area contributed by atoms with Crippen molar-refractivity contribution in [3.8, 4) is 0 Å². The summed E-state index contributed by atoms with van der Waals surface area (Å²) < 4.78 is 11.3. The highest BCUT2D eigenvalue weighted by Gasteiger charge is 2.65. The van der Waals surface area contributed by atoms with E-state index in [2.05, 4.69) is 0 Å². The highest BCUT2D eigenvalue weighted by molar-refractivity contribution is 5.90. The van der Waals surface area contributed by atoms with Crippen molar-refractivity contribution < 1.29 is 24.2 Å². The molecule has 20 heavy (non-hydrogen) atoms. The number of likely N-dealkylation sites (tertiary alicyclic amines) is 1. The fourth-order valence-corrected chi connectivity index (χ4v) is 4.04. The van der Waals surface area contributed by atoms with E-state index in [4.69, 9.17) is 9.47 Å². The highest BCUT2D eigenvalue weighted by Crippen LogP contribution is 2.51. The second kappa shape index (κ2) is 4.05. The van der Waals surface area contributed by atoms with Crippen LogP contribution in [0.5, 0.6) is 0 Å². The summed E-state index contributed by atoms with van der Waals surface area (Å²) in [5.74, 6) is -2.83. The van der Waals surface area contributed by atoms with E-state index in [1.165, 1.54) is 0 Å². The number of carboxylic acids is 1. The third-order valence-electron chi connectivity index (χ3n) is 4.90. The number of ether oxygens (including phenoxy) is 2. The third-order valence-corrected chi connectivity index (χ3v) is 4.90. The summed E-state index contributed by atoms with van der Waals surface area (Å²) in [7, 11) is 0. The normalized spacial score (nSPS) is 45.4. The van der Waals surface area contributed by atoms with Gasteiger partial charge in [0.1, 0.15) is 5.60 Å². The number of carbonyl (C=O) groups is 2. The Morgan fingerprint density at radius 2 is 2.40 bits per heavy atom. The highest BCUT2D eigenvalue weighted by atomic mass is 16.5. The van der Waals surface area contributed by atoms with Crippen molar-refractivity contribution in [3.05, 3.63) is 12.2 Å². The van der Waals surface area contributed by atoms with Crippen LogP contribution in [-0.2, 0) is 19.1 Å². The van der Waals surface area contributed by atoms with Crippen LogP contribution in [0.2, 0.25) is 0 Å². The fraction of sp³-hybridized carbons (Fsp3) is 0.714. The molecule has 0 N–H and O–H groups in total. The van der Waals surface area contributed by atoms with Crippen molar-refractivity contribution in [2.45, 2.75) is 30.7 Å². The van der Waals surface area contributed by atoms with E-state index in [0.717, 1.165) is 19.4 Å². The van der Waals surface area contributed by atoms with E-state index in [1.807, 2.05) is 6.08 Å². The first-order valence-corrected chi connectivity index (χ1v) is 7.09. The fourth-order valence-electron chi connectivity index (χ4n) is 4.04. The minimum Gasteiger partial charge on any atom is -0.550 e. The quantitative estimate of drug-likeness (QED) is 0.599. The van der Waals surface area contributed by atoms with Crippen LogP contribution in [0.15, 0.2) is 12.2 Å². The van der Waals surface area contributed by atoms with Crippen LogP contribution in [0, 0.1) is 11.8 Å². The molecule has 1 amide bonds. The summed E-state index contributed by atoms with van der Waals surface area (Å²) >= 11 is 0. The van der Waals surface area contributed by atoms with Crippen LogP contribution < -0.4 is 5.11 Å². The molecule has 0 unspecified atom stereocenters. The van der Waals surface area contributed by atoms with Crippen molar-refractivity contribution >= 4 is 11.9 Å². The van der Waals surface area contributed by atoms with Crippen LogP contribution in [0.25, 0.3) is 0 Å². The van der Waals surface area contributed by atoms with Gasteiger partial charge in [0.2, 0.25) is 5.91 Å². The lowest BCUT2D eigenvalue weighted by molar-refractivity contribution is -0.313. The summed E-state index contributed by atoms with van der Waals surface area (Å²) in [5, 5.41) is 11.3. The van der Waals surface area contributed by atoms with Crippen molar-refractivity contribution in [1.29, 1.82) is 0 Å². The maximum atomic E-state index is 12.5. The zero-order valence-electron chi connectivity index (χ0n) is 11.0. The number of hydrogen-bond donors (Lipinski definition) is 0. The first-order chi connectivity index (χ1) is 9.61. The van der Waals surface area contributed by atoms with E-state index in [0.29, 0.717) is 13.1 Å². The van der Waals surface area contributed by atoms with Gasteiger partial charge in [-0.2, -0.15) is 0 Å². The van der Waals surface area contributed by atoms with Crippen molar-refractivity contribution in [2.24, 2.45) is 11.8 Å². The molecule has 1 spiro atoms. The van der Waals surface area contributed by atoms with Gasteiger partial charge in [0.15, 0.2) is 0 Å². The molecular weight excluding hydrogens is 262 g/mol. The SMILES string of the molecule is O=C([O-])[C@H]1[C@@H]2C=C[C@]3(CN(C[C@H]4CCCO4)C(=O)[C@@H]13)O2. The molecular formula is C14H16NO5-. The number of aliphatic carboxylic acids is 1. The maximum absolute atomic E-state index is 12.5. The summed E-state index contributed by atoms with van der Waals surface area (Å²) in [6, 6.07) is 0.